The molecule has 0 bridgehead atoms. The quantitative estimate of drug-likeness (QED) is 0.537. The zero-order valence-electron chi connectivity index (χ0n) is 16.1. The molecule has 1 saturated carbocycles. The molecule has 3 heterocycles. The molecule has 0 unspecified atom stereocenters. The van der Waals surface area contributed by atoms with E-state index in [0.717, 1.165) is 42.8 Å². The van der Waals surface area contributed by atoms with Gasteiger partial charge in [-0.2, -0.15) is 9.50 Å². The predicted molar refractivity (Wildman–Crippen MR) is 108 cm³/mol. The molecule has 8 nitrogen and oxygen atoms in total. The van der Waals surface area contributed by atoms with E-state index in [1.807, 2.05) is 24.3 Å². The molecule has 1 fully saturated rings. The number of aliphatic hydroxyl groups is 2. The lowest BCUT2D eigenvalue weighted by Gasteiger charge is -2.26. The van der Waals surface area contributed by atoms with Crippen molar-refractivity contribution in [1.29, 1.82) is 0 Å². The first-order valence-corrected chi connectivity index (χ1v) is 9.65. The van der Waals surface area contributed by atoms with Gasteiger partial charge in [0.2, 0.25) is 5.95 Å². The molecule has 0 atom stereocenters. The van der Waals surface area contributed by atoms with Gasteiger partial charge < -0.3 is 20.8 Å². The Labute approximate surface area is 163 Å². The molecule has 4 N–H and O–H groups in total. The van der Waals surface area contributed by atoms with Crippen molar-refractivity contribution < 1.29 is 10.2 Å². The van der Waals surface area contributed by atoms with Crippen LogP contribution in [0.2, 0.25) is 0 Å². The monoisotopic (exact) mass is 382 g/mol. The van der Waals surface area contributed by atoms with Crippen LogP contribution in [0.5, 0.6) is 0 Å². The van der Waals surface area contributed by atoms with Gasteiger partial charge in [0.15, 0.2) is 5.65 Å². The van der Waals surface area contributed by atoms with Crippen LogP contribution in [0.3, 0.4) is 0 Å². The number of rotatable bonds is 5. The summed E-state index contributed by atoms with van der Waals surface area (Å²) < 4.78 is 1.78. The van der Waals surface area contributed by atoms with Crippen LogP contribution in [0.25, 0.3) is 5.65 Å². The number of hydrogen-bond acceptors (Lipinski definition) is 7. The Kier molecular flexibility index (Phi) is 4.91. The number of pyridine rings is 2. The molecular weight excluding hydrogens is 356 g/mol. The third-order valence-corrected chi connectivity index (χ3v) is 5.05. The Bertz CT molecular complexity index is 939. The smallest absolute Gasteiger partial charge is 0.247 e. The Morgan fingerprint density at radius 1 is 1.11 bits per heavy atom. The lowest BCUT2D eigenvalue weighted by atomic mass is 9.93. The van der Waals surface area contributed by atoms with E-state index in [-0.39, 0.29) is 6.10 Å². The highest BCUT2D eigenvalue weighted by molar-refractivity contribution is 5.57. The summed E-state index contributed by atoms with van der Waals surface area (Å²) in [6, 6.07) is 9.79. The summed E-state index contributed by atoms with van der Waals surface area (Å²) in [5, 5.41) is 31.0. The molecule has 3 aromatic rings. The van der Waals surface area contributed by atoms with Crippen molar-refractivity contribution in [2.24, 2.45) is 0 Å². The number of anilines is 3. The van der Waals surface area contributed by atoms with Crippen molar-refractivity contribution >= 4 is 23.1 Å². The van der Waals surface area contributed by atoms with Gasteiger partial charge in [0.1, 0.15) is 11.4 Å². The molecule has 0 radical (unpaired) electrons. The zero-order valence-corrected chi connectivity index (χ0v) is 16.1. The van der Waals surface area contributed by atoms with Crippen LogP contribution in [0.15, 0.2) is 36.5 Å². The van der Waals surface area contributed by atoms with Gasteiger partial charge in [0, 0.05) is 6.04 Å². The van der Waals surface area contributed by atoms with E-state index in [1.54, 1.807) is 30.6 Å². The first kappa shape index (κ1) is 18.6. The average molecular weight is 382 g/mol. The average Bonchev–Trinajstić information content (AvgIpc) is 3.07. The summed E-state index contributed by atoms with van der Waals surface area (Å²) in [4.78, 5) is 8.82. The summed E-state index contributed by atoms with van der Waals surface area (Å²) in [6.45, 7) is 3.40. The van der Waals surface area contributed by atoms with Crippen molar-refractivity contribution in [2.75, 3.05) is 10.6 Å². The van der Waals surface area contributed by atoms with E-state index in [2.05, 4.69) is 25.7 Å². The third kappa shape index (κ3) is 4.07. The van der Waals surface area contributed by atoms with Crippen molar-refractivity contribution in [2.45, 2.75) is 57.3 Å². The number of aliphatic hydroxyl groups excluding tert-OH is 1. The molecule has 4 rings (SSSR count). The molecule has 0 spiro atoms. The normalized spacial score (nSPS) is 20.3. The Balaban J connectivity index is 1.51. The number of nitrogens with one attached hydrogen (secondary N) is 2. The number of aromatic nitrogens is 4. The van der Waals surface area contributed by atoms with Crippen molar-refractivity contribution in [3.8, 4) is 0 Å². The maximum absolute atomic E-state index is 10.0. The van der Waals surface area contributed by atoms with Gasteiger partial charge in [-0.05, 0) is 63.8 Å². The first-order valence-electron chi connectivity index (χ1n) is 9.65. The largest absolute Gasteiger partial charge is 0.393 e. The molecule has 0 amide bonds. The Morgan fingerprint density at radius 3 is 2.57 bits per heavy atom. The second kappa shape index (κ2) is 7.37. The second-order valence-corrected chi connectivity index (χ2v) is 7.88. The molecule has 8 heteroatoms. The van der Waals surface area contributed by atoms with E-state index in [1.165, 1.54) is 0 Å². The van der Waals surface area contributed by atoms with E-state index in [4.69, 9.17) is 0 Å². The van der Waals surface area contributed by atoms with Crippen LogP contribution in [0.4, 0.5) is 17.5 Å². The van der Waals surface area contributed by atoms with Crippen LogP contribution in [0.1, 0.15) is 45.2 Å². The van der Waals surface area contributed by atoms with Gasteiger partial charge >= 0.3 is 0 Å². The van der Waals surface area contributed by atoms with Crippen LogP contribution in [-0.2, 0) is 5.60 Å². The standard InChI is InChI=1S/C20H26N6O2/c1-20(2,28)16-11-8-14(12-21-16)23-19-24-18-5-3-4-17(26(18)25-19)22-13-6-9-15(27)10-7-13/h3-5,8,11-13,15,22,27-28H,6-7,9-10H2,1-2H3,(H,23,25). The SMILES string of the molecule is CC(C)(O)c1ccc(Nc2nc3cccc(NC4CCC(O)CC4)n3n2)cn1. The molecule has 0 saturated heterocycles. The zero-order chi connectivity index (χ0) is 19.7. The predicted octanol–water partition coefficient (Wildman–Crippen LogP) is 2.81. The Hall–Kier alpha value is -2.71. The van der Waals surface area contributed by atoms with E-state index >= 15 is 0 Å². The van der Waals surface area contributed by atoms with Gasteiger partial charge in [-0.25, -0.2) is 0 Å². The van der Waals surface area contributed by atoms with Gasteiger partial charge in [0.25, 0.3) is 0 Å². The number of hydrogen-bond donors (Lipinski definition) is 4. The first-order chi connectivity index (χ1) is 13.4. The maximum Gasteiger partial charge on any atom is 0.247 e. The molecule has 0 aromatic carbocycles. The highest BCUT2D eigenvalue weighted by Gasteiger charge is 2.20. The van der Waals surface area contributed by atoms with Crippen molar-refractivity contribution in [3.63, 3.8) is 0 Å². The van der Waals surface area contributed by atoms with Gasteiger partial charge in [-0.3, -0.25) is 4.98 Å². The molecule has 28 heavy (non-hydrogen) atoms. The number of fused-ring (bicyclic) bond motifs is 1. The minimum atomic E-state index is -0.977. The summed E-state index contributed by atoms with van der Waals surface area (Å²) in [5.74, 6) is 1.36. The summed E-state index contributed by atoms with van der Waals surface area (Å²) >= 11 is 0. The summed E-state index contributed by atoms with van der Waals surface area (Å²) in [7, 11) is 0. The van der Waals surface area contributed by atoms with Crippen molar-refractivity contribution in [3.05, 3.63) is 42.2 Å². The highest BCUT2D eigenvalue weighted by Crippen LogP contribution is 2.24. The lowest BCUT2D eigenvalue weighted by molar-refractivity contribution is 0.0739. The molecular formula is C20H26N6O2. The van der Waals surface area contributed by atoms with Crippen LogP contribution >= 0.6 is 0 Å². The van der Waals surface area contributed by atoms with E-state index in [9.17, 15) is 10.2 Å². The fraction of sp³-hybridized carbons (Fsp3) is 0.450. The van der Waals surface area contributed by atoms with E-state index < -0.39 is 5.60 Å². The molecule has 148 valence electrons. The maximum atomic E-state index is 10.0. The summed E-state index contributed by atoms with van der Waals surface area (Å²) in [5.41, 5.74) is 1.12. The van der Waals surface area contributed by atoms with Crippen LogP contribution in [0, 0.1) is 0 Å². The third-order valence-electron chi connectivity index (χ3n) is 5.05. The van der Waals surface area contributed by atoms with Crippen molar-refractivity contribution in [1.82, 2.24) is 19.6 Å². The Morgan fingerprint density at radius 2 is 1.89 bits per heavy atom. The van der Waals surface area contributed by atoms with Gasteiger partial charge in [-0.15, -0.1) is 5.10 Å². The summed E-state index contributed by atoms with van der Waals surface area (Å²) in [6.07, 6.45) is 5.02. The molecule has 1 aliphatic carbocycles. The fourth-order valence-corrected chi connectivity index (χ4v) is 3.46. The number of nitrogens with zero attached hydrogens (tertiary/aromatic N) is 4. The molecule has 0 aliphatic heterocycles. The van der Waals surface area contributed by atoms with Crippen LogP contribution < -0.4 is 10.6 Å². The van der Waals surface area contributed by atoms with Gasteiger partial charge in [0.05, 0.1) is 23.7 Å². The molecule has 1 aliphatic rings. The minimum absolute atomic E-state index is 0.174. The second-order valence-electron chi connectivity index (χ2n) is 7.88. The molecule has 3 aromatic heterocycles. The lowest BCUT2D eigenvalue weighted by Crippen LogP contribution is -2.29. The van der Waals surface area contributed by atoms with E-state index in [0.29, 0.717) is 17.7 Å². The van der Waals surface area contributed by atoms with Crippen LogP contribution in [-0.4, -0.2) is 41.9 Å². The highest BCUT2D eigenvalue weighted by atomic mass is 16.3. The minimum Gasteiger partial charge on any atom is -0.393 e. The topological polar surface area (TPSA) is 108 Å². The van der Waals surface area contributed by atoms with Gasteiger partial charge in [-0.1, -0.05) is 6.07 Å². The fourth-order valence-electron chi connectivity index (χ4n) is 3.46.